The van der Waals surface area contributed by atoms with E-state index in [0.29, 0.717) is 11.7 Å². The Balaban J connectivity index is 2.01. The van der Waals surface area contributed by atoms with Crippen molar-refractivity contribution in [1.29, 1.82) is 0 Å². The minimum atomic E-state index is -3.44. The average Bonchev–Trinajstić information content (AvgIpc) is 3.35. The maximum absolute atomic E-state index is 13.0. The predicted molar refractivity (Wildman–Crippen MR) is 112 cm³/mol. The zero-order valence-electron chi connectivity index (χ0n) is 15.9. The zero-order valence-corrected chi connectivity index (χ0v) is 18.5. The van der Waals surface area contributed by atoms with Crippen LogP contribution in [0.15, 0.2) is 34.1 Å². The van der Waals surface area contributed by atoms with Crippen LogP contribution in [-0.2, 0) is 20.0 Å². The zero-order chi connectivity index (χ0) is 19.4. The molecule has 0 fully saturated rings. The molecule has 0 unspecified atom stereocenters. The standard InChI is InChI=1S/C19H24NO4PS2/c1-5-22-25(21,23-6-2)17-10-9-14(24-17)18-16(12-13(3)4)27-19(20-18)15-8-7-11-26-15/h7-11,13H,5-6,12H2,1-4H3. The van der Waals surface area contributed by atoms with Gasteiger partial charge < -0.3 is 13.5 Å². The van der Waals surface area contributed by atoms with Crippen LogP contribution >= 0.6 is 30.3 Å². The second-order valence-electron chi connectivity index (χ2n) is 6.34. The van der Waals surface area contributed by atoms with E-state index in [0.717, 1.165) is 26.9 Å². The minimum absolute atomic E-state index is 0.224. The molecule has 0 radical (unpaired) electrons. The van der Waals surface area contributed by atoms with Gasteiger partial charge in [-0.05, 0) is 49.8 Å². The lowest BCUT2D eigenvalue weighted by molar-refractivity contribution is 0.225. The quantitative estimate of drug-likeness (QED) is 0.381. The summed E-state index contributed by atoms with van der Waals surface area (Å²) in [6.45, 7) is 8.49. The fourth-order valence-corrected chi connectivity index (χ4v) is 6.22. The first-order valence-corrected chi connectivity index (χ1v) is 12.2. The summed E-state index contributed by atoms with van der Waals surface area (Å²) in [6.07, 6.45) is 0.906. The highest BCUT2D eigenvalue weighted by Crippen LogP contribution is 2.48. The van der Waals surface area contributed by atoms with Gasteiger partial charge in [-0.2, -0.15) is 0 Å². The van der Waals surface area contributed by atoms with Crippen molar-refractivity contribution < 1.29 is 18.0 Å². The molecule has 0 saturated carbocycles. The van der Waals surface area contributed by atoms with Crippen molar-refractivity contribution in [2.45, 2.75) is 34.1 Å². The SMILES string of the molecule is CCOP(=O)(OCC)c1ccc(-c2nc(-c3cccs3)sc2CC(C)C)o1. The Bertz CT molecular complexity index is 904. The van der Waals surface area contributed by atoms with Gasteiger partial charge in [0.15, 0.2) is 5.76 Å². The fourth-order valence-electron chi connectivity index (χ4n) is 2.67. The maximum atomic E-state index is 13.0. The van der Waals surface area contributed by atoms with Crippen molar-refractivity contribution in [2.24, 2.45) is 5.92 Å². The molecule has 27 heavy (non-hydrogen) atoms. The Morgan fingerprint density at radius 2 is 1.93 bits per heavy atom. The number of rotatable bonds is 9. The third-order valence-electron chi connectivity index (χ3n) is 3.72. The first-order chi connectivity index (χ1) is 13.0. The van der Waals surface area contributed by atoms with E-state index in [-0.39, 0.29) is 18.7 Å². The van der Waals surface area contributed by atoms with Gasteiger partial charge in [0, 0.05) is 4.88 Å². The minimum Gasteiger partial charge on any atom is -0.446 e. The van der Waals surface area contributed by atoms with Gasteiger partial charge >= 0.3 is 7.60 Å². The van der Waals surface area contributed by atoms with Crippen LogP contribution in [0.2, 0.25) is 0 Å². The van der Waals surface area contributed by atoms with Crippen molar-refractivity contribution in [3.8, 4) is 21.3 Å². The summed E-state index contributed by atoms with van der Waals surface area (Å²) in [4.78, 5) is 7.13. The normalized spacial score (nSPS) is 12.2. The molecule has 146 valence electrons. The topological polar surface area (TPSA) is 61.6 Å². The smallest absolute Gasteiger partial charge is 0.396 e. The van der Waals surface area contributed by atoms with Crippen molar-refractivity contribution >= 4 is 35.8 Å². The van der Waals surface area contributed by atoms with Crippen molar-refractivity contribution in [2.75, 3.05) is 13.2 Å². The van der Waals surface area contributed by atoms with E-state index in [1.807, 2.05) is 11.4 Å². The van der Waals surface area contributed by atoms with Crippen LogP contribution in [0.1, 0.15) is 32.6 Å². The molecule has 0 spiro atoms. The van der Waals surface area contributed by atoms with Crippen LogP contribution in [0.3, 0.4) is 0 Å². The number of aromatic nitrogens is 1. The summed E-state index contributed by atoms with van der Waals surface area (Å²) in [5.74, 6) is 1.09. The Labute approximate surface area is 167 Å². The summed E-state index contributed by atoms with van der Waals surface area (Å²) in [7, 11) is -3.44. The predicted octanol–water partition coefficient (Wildman–Crippen LogP) is 6.22. The number of hydrogen-bond donors (Lipinski definition) is 0. The van der Waals surface area contributed by atoms with Crippen molar-refractivity contribution in [3.63, 3.8) is 0 Å². The first-order valence-electron chi connectivity index (χ1n) is 9.00. The van der Waals surface area contributed by atoms with E-state index < -0.39 is 7.60 Å². The van der Waals surface area contributed by atoms with Gasteiger partial charge in [-0.3, -0.25) is 4.57 Å². The molecule has 0 bridgehead atoms. The second kappa shape index (κ2) is 8.84. The summed E-state index contributed by atoms with van der Waals surface area (Å²) < 4.78 is 29.7. The summed E-state index contributed by atoms with van der Waals surface area (Å²) in [5, 5.41) is 3.02. The third-order valence-corrected chi connectivity index (χ3v) is 7.81. The Kier molecular flexibility index (Phi) is 6.71. The van der Waals surface area contributed by atoms with Crippen molar-refractivity contribution in [3.05, 3.63) is 34.5 Å². The van der Waals surface area contributed by atoms with E-state index in [4.69, 9.17) is 18.4 Å². The molecule has 0 aliphatic carbocycles. The molecule has 0 amide bonds. The lowest BCUT2D eigenvalue weighted by Gasteiger charge is -2.13. The van der Waals surface area contributed by atoms with Crippen LogP contribution in [0.4, 0.5) is 0 Å². The van der Waals surface area contributed by atoms with E-state index in [1.165, 1.54) is 0 Å². The molecule has 3 heterocycles. The van der Waals surface area contributed by atoms with Gasteiger partial charge in [0.2, 0.25) is 5.50 Å². The van der Waals surface area contributed by atoms with Gasteiger partial charge in [0.1, 0.15) is 10.7 Å². The molecule has 0 aliphatic rings. The van der Waals surface area contributed by atoms with E-state index >= 15 is 0 Å². The van der Waals surface area contributed by atoms with Crippen LogP contribution < -0.4 is 5.50 Å². The largest absolute Gasteiger partial charge is 0.446 e. The number of furan rings is 1. The molecule has 3 rings (SSSR count). The molecule has 0 N–H and O–H groups in total. The first kappa shape index (κ1) is 20.5. The van der Waals surface area contributed by atoms with Crippen LogP contribution in [0.5, 0.6) is 0 Å². The molecule has 0 atom stereocenters. The Hall–Kier alpha value is -1.24. The third kappa shape index (κ3) is 4.61. The monoisotopic (exact) mass is 425 g/mol. The highest BCUT2D eigenvalue weighted by Gasteiger charge is 2.31. The lowest BCUT2D eigenvalue weighted by Crippen LogP contribution is -2.08. The molecule has 0 saturated heterocycles. The van der Waals surface area contributed by atoms with Gasteiger partial charge in [0.25, 0.3) is 0 Å². The Morgan fingerprint density at radius 3 is 2.52 bits per heavy atom. The van der Waals surface area contributed by atoms with Gasteiger partial charge in [-0.15, -0.1) is 22.7 Å². The molecular formula is C19H24NO4PS2. The van der Waals surface area contributed by atoms with Gasteiger partial charge in [-0.25, -0.2) is 4.98 Å². The number of hydrogen-bond acceptors (Lipinski definition) is 7. The number of thiazole rings is 1. The highest BCUT2D eigenvalue weighted by atomic mass is 32.1. The van der Waals surface area contributed by atoms with Crippen LogP contribution in [0, 0.1) is 5.92 Å². The fraction of sp³-hybridized carbons (Fsp3) is 0.421. The highest BCUT2D eigenvalue weighted by molar-refractivity contribution is 7.61. The number of thiophene rings is 1. The summed E-state index contributed by atoms with van der Waals surface area (Å²) in [6, 6.07) is 7.56. The number of nitrogens with zero attached hydrogens (tertiary/aromatic N) is 1. The van der Waals surface area contributed by atoms with Gasteiger partial charge in [0.05, 0.1) is 18.1 Å². The van der Waals surface area contributed by atoms with Crippen LogP contribution in [0.25, 0.3) is 21.3 Å². The van der Waals surface area contributed by atoms with E-state index in [1.54, 1.807) is 48.7 Å². The molecule has 3 aromatic rings. The Morgan fingerprint density at radius 1 is 1.19 bits per heavy atom. The van der Waals surface area contributed by atoms with E-state index in [9.17, 15) is 4.57 Å². The average molecular weight is 426 g/mol. The summed E-state index contributed by atoms with van der Waals surface area (Å²) >= 11 is 3.35. The van der Waals surface area contributed by atoms with Crippen molar-refractivity contribution in [1.82, 2.24) is 4.98 Å². The molecule has 3 aromatic heterocycles. The lowest BCUT2D eigenvalue weighted by atomic mass is 10.1. The molecule has 0 aliphatic heterocycles. The molecule has 5 nitrogen and oxygen atoms in total. The second-order valence-corrected chi connectivity index (χ2v) is 10.3. The molecule has 8 heteroatoms. The molecular weight excluding hydrogens is 401 g/mol. The van der Waals surface area contributed by atoms with E-state index in [2.05, 4.69) is 19.9 Å². The van der Waals surface area contributed by atoms with Gasteiger partial charge in [-0.1, -0.05) is 19.9 Å². The molecule has 0 aromatic carbocycles. The summed E-state index contributed by atoms with van der Waals surface area (Å²) in [5.41, 5.74) is 1.03. The van der Waals surface area contributed by atoms with Crippen LogP contribution in [-0.4, -0.2) is 18.2 Å². The maximum Gasteiger partial charge on any atom is 0.396 e.